The highest BCUT2D eigenvalue weighted by Gasteiger charge is 2.18. The van der Waals surface area contributed by atoms with E-state index < -0.39 is 11.9 Å². The molecule has 0 aliphatic heterocycles. The summed E-state index contributed by atoms with van der Waals surface area (Å²) in [5.74, 6) is -0.802. The second-order valence-electron chi connectivity index (χ2n) is 5.19. The third-order valence-corrected chi connectivity index (χ3v) is 3.64. The zero-order chi connectivity index (χ0) is 16.4. The van der Waals surface area contributed by atoms with Crippen LogP contribution in [0.1, 0.15) is 32.0 Å². The molecule has 2 aromatic carbocycles. The Labute approximate surface area is 132 Å². The summed E-state index contributed by atoms with van der Waals surface area (Å²) < 4.78 is 10.8. The second-order valence-corrected chi connectivity index (χ2v) is 5.19. The van der Waals surface area contributed by atoms with Gasteiger partial charge in [-0.3, -0.25) is 4.79 Å². The van der Waals surface area contributed by atoms with E-state index in [1.807, 2.05) is 31.2 Å². The molecule has 0 radical (unpaired) electrons. The van der Waals surface area contributed by atoms with E-state index in [-0.39, 0.29) is 12.4 Å². The van der Waals surface area contributed by atoms with Gasteiger partial charge in [-0.15, -0.1) is 0 Å². The molecule has 0 saturated heterocycles. The van der Waals surface area contributed by atoms with Gasteiger partial charge in [-0.2, -0.15) is 0 Å². The molecule has 0 saturated carbocycles. The van der Waals surface area contributed by atoms with Crippen LogP contribution in [0.5, 0.6) is 0 Å². The zero-order valence-corrected chi connectivity index (χ0v) is 12.5. The van der Waals surface area contributed by atoms with Crippen LogP contribution in [0.25, 0.3) is 11.0 Å². The second kappa shape index (κ2) is 5.96. The van der Waals surface area contributed by atoms with Crippen molar-refractivity contribution in [2.45, 2.75) is 13.5 Å². The lowest BCUT2D eigenvalue weighted by Gasteiger charge is -2.04. The fourth-order valence-electron chi connectivity index (χ4n) is 2.35. The minimum Gasteiger partial charge on any atom is -0.455 e. The van der Waals surface area contributed by atoms with Gasteiger partial charge in [0, 0.05) is 16.5 Å². The summed E-state index contributed by atoms with van der Waals surface area (Å²) in [5, 5.41) is 0.894. The molecule has 5 heteroatoms. The topological polar surface area (TPSA) is 82.5 Å². The van der Waals surface area contributed by atoms with Crippen molar-refractivity contribution in [3.63, 3.8) is 0 Å². The molecule has 1 amide bonds. The first-order valence-electron chi connectivity index (χ1n) is 7.10. The van der Waals surface area contributed by atoms with Gasteiger partial charge in [0.1, 0.15) is 12.2 Å². The Morgan fingerprint density at radius 1 is 1.09 bits per heavy atom. The maximum Gasteiger partial charge on any atom is 0.374 e. The highest BCUT2D eigenvalue weighted by molar-refractivity contribution is 5.96. The Bertz CT molecular complexity index is 878. The molecule has 2 N–H and O–H groups in total. The number of amides is 1. The Morgan fingerprint density at radius 2 is 1.78 bits per heavy atom. The van der Waals surface area contributed by atoms with E-state index in [0.717, 1.165) is 16.5 Å². The molecule has 1 heterocycles. The number of esters is 1. The third-order valence-electron chi connectivity index (χ3n) is 3.64. The molecule has 0 aliphatic rings. The van der Waals surface area contributed by atoms with E-state index in [0.29, 0.717) is 11.1 Å². The first kappa shape index (κ1) is 14.8. The van der Waals surface area contributed by atoms with Gasteiger partial charge in [-0.1, -0.05) is 30.3 Å². The van der Waals surface area contributed by atoms with Crippen molar-refractivity contribution in [2.24, 2.45) is 5.73 Å². The number of carbonyl (C=O) groups excluding carboxylic acids is 2. The molecule has 5 nitrogen and oxygen atoms in total. The van der Waals surface area contributed by atoms with E-state index >= 15 is 0 Å². The number of aryl methyl sites for hydroxylation is 1. The molecule has 0 aliphatic carbocycles. The highest BCUT2D eigenvalue weighted by atomic mass is 16.5. The fourth-order valence-corrected chi connectivity index (χ4v) is 2.35. The van der Waals surface area contributed by atoms with Gasteiger partial charge in [-0.05, 0) is 30.7 Å². The van der Waals surface area contributed by atoms with Gasteiger partial charge >= 0.3 is 5.97 Å². The van der Waals surface area contributed by atoms with Crippen molar-refractivity contribution >= 4 is 22.8 Å². The number of furan rings is 1. The van der Waals surface area contributed by atoms with Crippen LogP contribution in [0.2, 0.25) is 0 Å². The number of ether oxygens (including phenoxy) is 1. The quantitative estimate of drug-likeness (QED) is 0.750. The van der Waals surface area contributed by atoms with Crippen LogP contribution in [0.4, 0.5) is 0 Å². The molecule has 0 unspecified atom stereocenters. The van der Waals surface area contributed by atoms with Crippen molar-refractivity contribution < 1.29 is 18.7 Å². The summed E-state index contributed by atoms with van der Waals surface area (Å²) in [4.78, 5) is 23.2. The SMILES string of the molecule is Cc1c(C(=O)OCc2ccc(C(N)=O)cc2)oc2ccccc12. The highest BCUT2D eigenvalue weighted by Crippen LogP contribution is 2.25. The van der Waals surface area contributed by atoms with Gasteiger partial charge in [-0.25, -0.2) is 4.79 Å². The van der Waals surface area contributed by atoms with Crippen molar-refractivity contribution in [2.75, 3.05) is 0 Å². The lowest BCUT2D eigenvalue weighted by atomic mass is 10.1. The summed E-state index contributed by atoms with van der Waals surface area (Å²) in [7, 11) is 0. The lowest BCUT2D eigenvalue weighted by Crippen LogP contribution is -2.11. The molecule has 1 aromatic heterocycles. The number of hydrogen-bond donors (Lipinski definition) is 1. The van der Waals surface area contributed by atoms with Crippen LogP contribution in [0.3, 0.4) is 0 Å². The number of para-hydroxylation sites is 1. The van der Waals surface area contributed by atoms with E-state index in [1.54, 1.807) is 24.3 Å². The van der Waals surface area contributed by atoms with E-state index in [1.165, 1.54) is 0 Å². The number of fused-ring (bicyclic) bond motifs is 1. The Morgan fingerprint density at radius 3 is 2.43 bits per heavy atom. The molecule has 3 rings (SSSR count). The Balaban J connectivity index is 1.73. The summed E-state index contributed by atoms with van der Waals surface area (Å²) in [6, 6.07) is 14.0. The summed E-state index contributed by atoms with van der Waals surface area (Å²) >= 11 is 0. The molecule has 3 aromatic rings. The fraction of sp³-hybridized carbons (Fsp3) is 0.111. The van der Waals surface area contributed by atoms with Crippen molar-refractivity contribution in [3.8, 4) is 0 Å². The van der Waals surface area contributed by atoms with Crippen molar-refractivity contribution in [3.05, 3.63) is 71.0 Å². The standard InChI is InChI=1S/C18H15NO4/c1-11-14-4-2-3-5-15(14)23-16(11)18(21)22-10-12-6-8-13(9-7-12)17(19)20/h2-9H,10H2,1H3,(H2,19,20). The van der Waals surface area contributed by atoms with Crippen LogP contribution < -0.4 is 5.73 Å². The molecule has 0 fully saturated rings. The van der Waals surface area contributed by atoms with Gasteiger partial charge in [0.25, 0.3) is 0 Å². The van der Waals surface area contributed by atoms with Gasteiger partial charge in [0.05, 0.1) is 0 Å². The minimum atomic E-state index is -0.516. The predicted octanol–water partition coefficient (Wildman–Crippen LogP) is 3.20. The van der Waals surface area contributed by atoms with Crippen LogP contribution in [0, 0.1) is 6.92 Å². The van der Waals surface area contributed by atoms with Crippen molar-refractivity contribution in [1.29, 1.82) is 0 Å². The number of benzene rings is 2. The summed E-state index contributed by atoms with van der Waals surface area (Å²) in [5.41, 5.74) is 7.76. The summed E-state index contributed by atoms with van der Waals surface area (Å²) in [6.45, 7) is 1.92. The molecule has 0 bridgehead atoms. The Hall–Kier alpha value is -3.08. The monoisotopic (exact) mass is 309 g/mol. The first-order valence-corrected chi connectivity index (χ1v) is 7.10. The number of nitrogens with two attached hydrogens (primary N) is 1. The van der Waals surface area contributed by atoms with Crippen molar-refractivity contribution in [1.82, 2.24) is 0 Å². The van der Waals surface area contributed by atoms with Gasteiger partial charge in [0.2, 0.25) is 11.7 Å². The predicted molar refractivity (Wildman–Crippen MR) is 85.0 cm³/mol. The van der Waals surface area contributed by atoms with Gasteiger partial charge < -0.3 is 14.9 Å². The molecule has 0 spiro atoms. The Kier molecular flexibility index (Phi) is 3.85. The van der Waals surface area contributed by atoms with E-state index in [9.17, 15) is 9.59 Å². The molecular formula is C18H15NO4. The molecule has 116 valence electrons. The van der Waals surface area contributed by atoms with E-state index in [2.05, 4.69) is 0 Å². The number of rotatable bonds is 4. The number of carbonyl (C=O) groups is 2. The first-order chi connectivity index (χ1) is 11.1. The van der Waals surface area contributed by atoms with Crippen LogP contribution in [0.15, 0.2) is 52.9 Å². The minimum absolute atomic E-state index is 0.0916. The lowest BCUT2D eigenvalue weighted by molar-refractivity contribution is 0.0437. The van der Waals surface area contributed by atoms with E-state index in [4.69, 9.17) is 14.9 Å². The zero-order valence-electron chi connectivity index (χ0n) is 12.5. The molecule has 23 heavy (non-hydrogen) atoms. The smallest absolute Gasteiger partial charge is 0.374 e. The third kappa shape index (κ3) is 2.94. The van der Waals surface area contributed by atoms with Crippen LogP contribution >= 0.6 is 0 Å². The largest absolute Gasteiger partial charge is 0.455 e. The van der Waals surface area contributed by atoms with Crippen LogP contribution in [-0.4, -0.2) is 11.9 Å². The summed E-state index contributed by atoms with van der Waals surface area (Å²) in [6.07, 6.45) is 0. The average Bonchev–Trinajstić information content (AvgIpc) is 2.90. The maximum absolute atomic E-state index is 12.2. The van der Waals surface area contributed by atoms with Crippen LogP contribution in [-0.2, 0) is 11.3 Å². The molecular weight excluding hydrogens is 294 g/mol. The number of primary amides is 1. The average molecular weight is 309 g/mol. The number of hydrogen-bond acceptors (Lipinski definition) is 4. The maximum atomic E-state index is 12.2. The van der Waals surface area contributed by atoms with Gasteiger partial charge in [0.15, 0.2) is 0 Å². The molecule has 0 atom stereocenters. The normalized spacial score (nSPS) is 10.7.